The smallest absolute Gasteiger partial charge is 0.335 e. The number of rotatable bonds is 33. The summed E-state index contributed by atoms with van der Waals surface area (Å²) in [4.78, 5) is 36.7. The summed E-state index contributed by atoms with van der Waals surface area (Å²) in [5, 5.41) is 39.7. The quantitative estimate of drug-likeness (QED) is 0.0291. The molecule has 1 saturated heterocycles. The van der Waals surface area contributed by atoms with E-state index in [0.29, 0.717) is 12.8 Å². The van der Waals surface area contributed by atoms with Crippen molar-refractivity contribution in [1.29, 1.82) is 0 Å². The van der Waals surface area contributed by atoms with Crippen LogP contribution >= 0.6 is 0 Å². The van der Waals surface area contributed by atoms with Crippen LogP contribution in [0.5, 0.6) is 0 Å². The third-order valence-corrected chi connectivity index (χ3v) is 9.25. The van der Waals surface area contributed by atoms with E-state index in [1.807, 2.05) is 0 Å². The molecule has 11 heteroatoms. The zero-order valence-corrected chi connectivity index (χ0v) is 32.8. The second kappa shape index (κ2) is 32.8. The molecule has 0 bridgehead atoms. The molecule has 1 rings (SSSR count). The number of unbranched alkanes of at least 4 members (excludes halogenated alkanes) is 16. The van der Waals surface area contributed by atoms with E-state index in [0.717, 1.165) is 70.6 Å². The van der Waals surface area contributed by atoms with Crippen molar-refractivity contribution < 1.29 is 53.8 Å². The summed E-state index contributed by atoms with van der Waals surface area (Å²) in [6.45, 7) is 3.66. The number of esters is 2. The lowest BCUT2D eigenvalue weighted by Gasteiger charge is -2.38. The Morgan fingerprint density at radius 2 is 1.11 bits per heavy atom. The molecule has 0 aromatic carbocycles. The van der Waals surface area contributed by atoms with E-state index in [1.165, 1.54) is 51.4 Å². The van der Waals surface area contributed by atoms with Gasteiger partial charge in [0, 0.05) is 12.8 Å². The van der Waals surface area contributed by atoms with Gasteiger partial charge in [0.15, 0.2) is 18.5 Å². The molecule has 4 N–H and O–H groups in total. The highest BCUT2D eigenvalue weighted by Gasteiger charge is 2.47. The second-order valence-electron chi connectivity index (χ2n) is 14.1. The third-order valence-electron chi connectivity index (χ3n) is 9.25. The SMILES string of the molecule is CC/C=C\C/C=C\C/C=C\CCCCCCCC(=O)OCC(COC1OC(C(=O)O)C(O)C(O)C1O)OC(=O)CCCCCCCCCCCCCC. The van der Waals surface area contributed by atoms with Gasteiger partial charge in [-0.15, -0.1) is 0 Å². The number of aliphatic carboxylic acids is 1. The molecular weight excluding hydrogens is 680 g/mol. The Kier molecular flexibility index (Phi) is 30.0. The maximum Gasteiger partial charge on any atom is 0.335 e. The van der Waals surface area contributed by atoms with Gasteiger partial charge in [-0.2, -0.15) is 0 Å². The van der Waals surface area contributed by atoms with E-state index >= 15 is 0 Å². The van der Waals surface area contributed by atoms with Crippen LogP contribution in [0.3, 0.4) is 0 Å². The van der Waals surface area contributed by atoms with E-state index in [2.05, 4.69) is 50.3 Å². The fraction of sp³-hybridized carbons (Fsp3) is 0.786. The standard InChI is InChI=1S/C42H72O11/c1-3-5-7-9-11-13-15-17-18-19-21-22-24-26-28-30-35(43)50-32-34(33-51-42-39(47)37(45)38(46)40(53-42)41(48)49)52-36(44)31-29-27-25-23-20-16-14-12-10-8-6-4-2/h5,7,11,13,17-18,34,37-40,42,45-47H,3-4,6,8-10,12,14-16,19-33H2,1-2H3,(H,48,49)/b7-5-,13-11-,18-17-. The Morgan fingerprint density at radius 3 is 1.68 bits per heavy atom. The van der Waals surface area contributed by atoms with Crippen molar-refractivity contribution in [1.82, 2.24) is 0 Å². The first kappa shape index (κ1) is 48.4. The molecule has 6 atom stereocenters. The van der Waals surface area contributed by atoms with Crippen LogP contribution in [-0.4, -0.2) is 88.4 Å². The molecule has 0 aliphatic carbocycles. The Balaban J connectivity index is 2.42. The minimum absolute atomic E-state index is 0.181. The van der Waals surface area contributed by atoms with E-state index in [4.69, 9.17) is 18.9 Å². The zero-order valence-electron chi connectivity index (χ0n) is 32.8. The number of aliphatic hydroxyl groups is 3. The summed E-state index contributed by atoms with van der Waals surface area (Å²) in [5.41, 5.74) is 0. The van der Waals surface area contributed by atoms with E-state index in [1.54, 1.807) is 0 Å². The summed E-state index contributed by atoms with van der Waals surface area (Å²) in [6.07, 6.45) is 26.3. The molecule has 0 aromatic rings. The molecule has 1 heterocycles. The number of allylic oxidation sites excluding steroid dienone is 6. The minimum atomic E-state index is -1.86. The molecule has 0 spiro atoms. The largest absolute Gasteiger partial charge is 0.479 e. The zero-order chi connectivity index (χ0) is 38.9. The summed E-state index contributed by atoms with van der Waals surface area (Å²) in [6, 6.07) is 0. The van der Waals surface area contributed by atoms with Gasteiger partial charge in [-0.25, -0.2) is 4.79 Å². The maximum absolute atomic E-state index is 12.7. The monoisotopic (exact) mass is 753 g/mol. The van der Waals surface area contributed by atoms with Gasteiger partial charge >= 0.3 is 17.9 Å². The van der Waals surface area contributed by atoms with Gasteiger partial charge in [-0.1, -0.05) is 140 Å². The first-order valence-electron chi connectivity index (χ1n) is 20.5. The van der Waals surface area contributed by atoms with Crippen molar-refractivity contribution in [3.05, 3.63) is 36.5 Å². The average Bonchev–Trinajstić information content (AvgIpc) is 3.14. The van der Waals surface area contributed by atoms with Crippen LogP contribution in [0.1, 0.15) is 162 Å². The number of ether oxygens (including phenoxy) is 4. The number of hydrogen-bond acceptors (Lipinski definition) is 10. The number of carboxylic acids is 1. The highest BCUT2D eigenvalue weighted by Crippen LogP contribution is 2.23. The fourth-order valence-electron chi connectivity index (χ4n) is 6.01. The Hall–Kier alpha value is -2.57. The third kappa shape index (κ3) is 25.2. The van der Waals surface area contributed by atoms with E-state index in [-0.39, 0.29) is 19.4 Å². The number of aliphatic hydroxyl groups excluding tert-OH is 3. The van der Waals surface area contributed by atoms with Crippen LogP contribution in [0.2, 0.25) is 0 Å². The van der Waals surface area contributed by atoms with Crippen molar-refractivity contribution in [2.24, 2.45) is 0 Å². The van der Waals surface area contributed by atoms with Crippen LogP contribution in [0, 0.1) is 0 Å². The second-order valence-corrected chi connectivity index (χ2v) is 14.1. The molecule has 53 heavy (non-hydrogen) atoms. The topological polar surface area (TPSA) is 169 Å². The molecular formula is C42H72O11. The van der Waals surface area contributed by atoms with Crippen LogP contribution < -0.4 is 0 Å². The molecule has 1 aliphatic rings. The normalized spacial score (nSPS) is 21.1. The number of carboxylic acid groups (broad SMARTS) is 1. The first-order valence-corrected chi connectivity index (χ1v) is 20.5. The minimum Gasteiger partial charge on any atom is -0.479 e. The lowest BCUT2D eigenvalue weighted by molar-refractivity contribution is -0.298. The summed E-state index contributed by atoms with van der Waals surface area (Å²) in [7, 11) is 0. The molecule has 0 amide bonds. The van der Waals surface area contributed by atoms with Gasteiger partial charge in [-0.05, 0) is 44.9 Å². The van der Waals surface area contributed by atoms with E-state index < -0.39 is 61.3 Å². The van der Waals surface area contributed by atoms with Gasteiger partial charge in [0.1, 0.15) is 24.9 Å². The van der Waals surface area contributed by atoms with Crippen molar-refractivity contribution >= 4 is 17.9 Å². The van der Waals surface area contributed by atoms with Crippen molar-refractivity contribution in [2.45, 2.75) is 198 Å². The van der Waals surface area contributed by atoms with Crippen molar-refractivity contribution in [3.63, 3.8) is 0 Å². The highest BCUT2D eigenvalue weighted by atomic mass is 16.7. The Labute approximate surface area is 319 Å². The lowest BCUT2D eigenvalue weighted by Crippen LogP contribution is -2.60. The first-order chi connectivity index (χ1) is 25.7. The van der Waals surface area contributed by atoms with Crippen LogP contribution in [0.15, 0.2) is 36.5 Å². The van der Waals surface area contributed by atoms with Gasteiger partial charge in [0.25, 0.3) is 0 Å². The average molecular weight is 753 g/mol. The Bertz CT molecular complexity index is 1030. The summed E-state index contributed by atoms with van der Waals surface area (Å²) >= 11 is 0. The van der Waals surface area contributed by atoms with Crippen LogP contribution in [-0.2, 0) is 33.3 Å². The predicted octanol–water partition coefficient (Wildman–Crippen LogP) is 8.03. The number of carbonyl (C=O) groups is 3. The predicted molar refractivity (Wildman–Crippen MR) is 206 cm³/mol. The summed E-state index contributed by atoms with van der Waals surface area (Å²) < 4.78 is 21.6. The molecule has 11 nitrogen and oxygen atoms in total. The van der Waals surface area contributed by atoms with E-state index in [9.17, 15) is 34.8 Å². The van der Waals surface area contributed by atoms with Gasteiger partial charge < -0.3 is 39.4 Å². The number of hydrogen-bond donors (Lipinski definition) is 4. The van der Waals surface area contributed by atoms with Crippen LogP contribution in [0.25, 0.3) is 0 Å². The van der Waals surface area contributed by atoms with Crippen LogP contribution in [0.4, 0.5) is 0 Å². The highest BCUT2D eigenvalue weighted by molar-refractivity contribution is 5.73. The summed E-state index contributed by atoms with van der Waals surface area (Å²) in [5.74, 6) is -2.47. The molecule has 306 valence electrons. The van der Waals surface area contributed by atoms with Gasteiger partial charge in [-0.3, -0.25) is 9.59 Å². The lowest BCUT2D eigenvalue weighted by atomic mass is 9.99. The van der Waals surface area contributed by atoms with Gasteiger partial charge in [0.2, 0.25) is 0 Å². The Morgan fingerprint density at radius 1 is 0.604 bits per heavy atom. The van der Waals surface area contributed by atoms with Crippen molar-refractivity contribution in [3.8, 4) is 0 Å². The van der Waals surface area contributed by atoms with Crippen molar-refractivity contribution in [2.75, 3.05) is 13.2 Å². The molecule has 6 unspecified atom stereocenters. The fourth-order valence-corrected chi connectivity index (χ4v) is 6.01. The molecule has 0 radical (unpaired) electrons. The molecule has 1 fully saturated rings. The molecule has 0 saturated carbocycles. The molecule has 1 aliphatic heterocycles. The molecule has 0 aromatic heterocycles. The maximum atomic E-state index is 12.7. The number of carbonyl (C=O) groups excluding carboxylic acids is 2. The van der Waals surface area contributed by atoms with Gasteiger partial charge in [0.05, 0.1) is 6.61 Å².